The molecule has 0 N–H and O–H groups in total. The third-order valence-corrected chi connectivity index (χ3v) is 4.70. The monoisotopic (exact) mass is 339 g/mol. The molecule has 0 unspecified atom stereocenters. The first-order chi connectivity index (χ1) is 12.9. The van der Waals surface area contributed by atoms with Crippen molar-refractivity contribution in [2.45, 2.75) is 6.42 Å². The minimum atomic E-state index is 0.255. The molecule has 1 aliphatic rings. The maximum atomic E-state index is 5.68. The average Bonchev–Trinajstić information content (AvgIpc) is 3.18. The van der Waals surface area contributed by atoms with Crippen LogP contribution in [0, 0.1) is 0 Å². The maximum Gasteiger partial charge on any atom is 0.231 e. The van der Waals surface area contributed by atoms with Crippen LogP contribution in [0.2, 0.25) is 0 Å². The highest BCUT2D eigenvalue weighted by atomic mass is 16.7. The van der Waals surface area contributed by atoms with Crippen LogP contribution in [0.15, 0.2) is 78.9 Å². The topological polar surface area (TPSA) is 31.4 Å². The summed E-state index contributed by atoms with van der Waals surface area (Å²) in [5.41, 5.74) is 5.47. The van der Waals surface area contributed by atoms with Crippen LogP contribution in [-0.4, -0.2) is 11.8 Å². The number of ether oxygens (including phenoxy) is 2. The van der Waals surface area contributed by atoms with E-state index < -0.39 is 0 Å². The molecule has 0 saturated carbocycles. The lowest BCUT2D eigenvalue weighted by atomic mass is 9.97. The predicted octanol–water partition coefficient (Wildman–Crippen LogP) is 5.22. The number of hydrogen-bond donors (Lipinski definition) is 0. The minimum Gasteiger partial charge on any atom is -0.454 e. The Morgan fingerprint density at radius 3 is 2.38 bits per heavy atom. The van der Waals surface area contributed by atoms with Gasteiger partial charge in [0.25, 0.3) is 0 Å². The maximum absolute atomic E-state index is 5.68. The van der Waals surface area contributed by atoms with E-state index in [1.165, 1.54) is 11.1 Å². The van der Waals surface area contributed by atoms with Gasteiger partial charge in [0.15, 0.2) is 11.5 Å². The number of nitrogens with zero attached hydrogens (tertiary/aromatic N) is 1. The zero-order valence-corrected chi connectivity index (χ0v) is 14.2. The second-order valence-corrected chi connectivity index (χ2v) is 6.38. The van der Waals surface area contributed by atoms with E-state index in [0.717, 1.165) is 40.1 Å². The first-order valence-electron chi connectivity index (χ1n) is 8.70. The molecule has 5 rings (SSSR count). The standard InChI is InChI=1S/C23H17NO2/c1-3-7-16(8-4-1)13-20-19(17-9-5-2-6-10-17)14-18-11-12-21-23(22(18)24-20)26-15-25-21/h1-12,14H,13,15H2. The summed E-state index contributed by atoms with van der Waals surface area (Å²) >= 11 is 0. The summed E-state index contributed by atoms with van der Waals surface area (Å²) in [4.78, 5) is 5.01. The largest absolute Gasteiger partial charge is 0.454 e. The van der Waals surface area contributed by atoms with E-state index >= 15 is 0 Å². The summed E-state index contributed by atoms with van der Waals surface area (Å²) in [6.07, 6.45) is 0.769. The molecule has 0 fully saturated rings. The van der Waals surface area contributed by atoms with Gasteiger partial charge in [-0.25, -0.2) is 4.98 Å². The summed E-state index contributed by atoms with van der Waals surface area (Å²) in [5, 5.41) is 1.06. The van der Waals surface area contributed by atoms with E-state index in [1.54, 1.807) is 0 Å². The molecule has 0 amide bonds. The Kier molecular flexibility index (Phi) is 3.56. The van der Waals surface area contributed by atoms with E-state index in [0.29, 0.717) is 0 Å². The molecule has 4 aromatic rings. The lowest BCUT2D eigenvalue weighted by Gasteiger charge is -2.12. The number of rotatable bonds is 3. The molecular weight excluding hydrogens is 322 g/mol. The van der Waals surface area contributed by atoms with E-state index in [1.807, 2.05) is 18.2 Å². The normalized spacial score (nSPS) is 12.5. The molecule has 1 aliphatic heterocycles. The van der Waals surface area contributed by atoms with Crippen LogP contribution in [0.1, 0.15) is 11.3 Å². The average molecular weight is 339 g/mol. The molecule has 2 heterocycles. The van der Waals surface area contributed by atoms with Gasteiger partial charge < -0.3 is 9.47 Å². The van der Waals surface area contributed by atoms with E-state index in [9.17, 15) is 0 Å². The van der Waals surface area contributed by atoms with Crippen molar-refractivity contribution < 1.29 is 9.47 Å². The lowest BCUT2D eigenvalue weighted by molar-refractivity contribution is 0.174. The van der Waals surface area contributed by atoms with Crippen molar-refractivity contribution in [2.24, 2.45) is 0 Å². The van der Waals surface area contributed by atoms with Crippen LogP contribution >= 0.6 is 0 Å². The van der Waals surface area contributed by atoms with Crippen molar-refractivity contribution in [3.05, 3.63) is 90.1 Å². The lowest BCUT2D eigenvalue weighted by Crippen LogP contribution is -1.98. The van der Waals surface area contributed by atoms with Gasteiger partial charge in [0.2, 0.25) is 6.79 Å². The molecule has 126 valence electrons. The third kappa shape index (κ3) is 2.58. The Bertz CT molecular complexity index is 1080. The zero-order valence-electron chi connectivity index (χ0n) is 14.2. The van der Waals surface area contributed by atoms with Crippen molar-refractivity contribution in [1.82, 2.24) is 4.98 Å². The van der Waals surface area contributed by atoms with E-state index in [2.05, 4.69) is 60.7 Å². The van der Waals surface area contributed by atoms with Crippen LogP contribution in [-0.2, 0) is 6.42 Å². The van der Waals surface area contributed by atoms with Gasteiger partial charge in [0, 0.05) is 17.4 Å². The highest BCUT2D eigenvalue weighted by Gasteiger charge is 2.20. The Morgan fingerprint density at radius 1 is 0.808 bits per heavy atom. The summed E-state index contributed by atoms with van der Waals surface area (Å²) in [5.74, 6) is 1.51. The van der Waals surface area contributed by atoms with E-state index in [4.69, 9.17) is 14.5 Å². The van der Waals surface area contributed by atoms with Gasteiger partial charge in [-0.1, -0.05) is 60.7 Å². The van der Waals surface area contributed by atoms with Crippen molar-refractivity contribution in [2.75, 3.05) is 6.79 Å². The molecule has 0 saturated heterocycles. The Labute approximate surface area is 151 Å². The Hall–Kier alpha value is -3.33. The molecule has 1 aromatic heterocycles. The summed E-state index contributed by atoms with van der Waals surface area (Å²) in [6, 6.07) is 27.1. The van der Waals surface area contributed by atoms with E-state index in [-0.39, 0.29) is 6.79 Å². The molecule has 0 radical (unpaired) electrons. The number of benzene rings is 3. The fourth-order valence-corrected chi connectivity index (χ4v) is 3.43. The van der Waals surface area contributed by atoms with Crippen molar-refractivity contribution in [3.63, 3.8) is 0 Å². The molecule has 3 nitrogen and oxygen atoms in total. The fourth-order valence-electron chi connectivity index (χ4n) is 3.43. The summed E-state index contributed by atoms with van der Waals surface area (Å²) in [6.45, 7) is 0.255. The quantitative estimate of drug-likeness (QED) is 0.513. The minimum absolute atomic E-state index is 0.255. The molecule has 0 spiro atoms. The summed E-state index contributed by atoms with van der Waals surface area (Å²) in [7, 11) is 0. The van der Waals surface area contributed by atoms with Crippen LogP contribution < -0.4 is 9.47 Å². The van der Waals surface area contributed by atoms with Crippen molar-refractivity contribution >= 4 is 10.9 Å². The van der Waals surface area contributed by atoms with Crippen molar-refractivity contribution in [3.8, 4) is 22.6 Å². The second kappa shape index (κ2) is 6.19. The number of fused-ring (bicyclic) bond motifs is 3. The highest BCUT2D eigenvalue weighted by Crippen LogP contribution is 2.40. The predicted molar refractivity (Wildman–Crippen MR) is 103 cm³/mol. The first-order valence-corrected chi connectivity index (χ1v) is 8.70. The van der Waals surface area contributed by atoms with Crippen LogP contribution in [0.5, 0.6) is 11.5 Å². The van der Waals surface area contributed by atoms with Crippen LogP contribution in [0.4, 0.5) is 0 Å². The second-order valence-electron chi connectivity index (χ2n) is 6.38. The zero-order chi connectivity index (χ0) is 17.3. The van der Waals surface area contributed by atoms with Crippen LogP contribution in [0.25, 0.3) is 22.0 Å². The third-order valence-electron chi connectivity index (χ3n) is 4.70. The number of pyridine rings is 1. The smallest absolute Gasteiger partial charge is 0.231 e. The molecule has 3 heteroatoms. The molecule has 26 heavy (non-hydrogen) atoms. The van der Waals surface area contributed by atoms with Gasteiger partial charge in [0.1, 0.15) is 5.52 Å². The molecule has 0 bridgehead atoms. The van der Waals surface area contributed by atoms with Crippen LogP contribution in [0.3, 0.4) is 0 Å². The first kappa shape index (κ1) is 15.0. The fraction of sp³-hybridized carbons (Fsp3) is 0.0870. The highest BCUT2D eigenvalue weighted by molar-refractivity contribution is 5.91. The van der Waals surface area contributed by atoms with Crippen molar-refractivity contribution in [1.29, 1.82) is 0 Å². The van der Waals surface area contributed by atoms with Gasteiger partial charge in [-0.2, -0.15) is 0 Å². The molecule has 0 aliphatic carbocycles. The Morgan fingerprint density at radius 2 is 1.58 bits per heavy atom. The van der Waals surface area contributed by atoms with Gasteiger partial charge in [-0.3, -0.25) is 0 Å². The van der Waals surface area contributed by atoms with Gasteiger partial charge in [-0.05, 0) is 29.3 Å². The molecule has 3 aromatic carbocycles. The number of hydrogen-bond acceptors (Lipinski definition) is 3. The van der Waals surface area contributed by atoms with Gasteiger partial charge >= 0.3 is 0 Å². The SMILES string of the molecule is c1ccc(Cc2nc3c4c(ccc3cc2-c2ccccc2)OCO4)cc1. The molecule has 0 atom stereocenters. The Balaban J connectivity index is 1.73. The molecular formula is C23H17NO2. The van der Waals surface area contributed by atoms with Gasteiger partial charge in [0.05, 0.1) is 5.69 Å². The number of aromatic nitrogens is 1. The summed E-state index contributed by atoms with van der Waals surface area (Å²) < 4.78 is 11.2. The van der Waals surface area contributed by atoms with Gasteiger partial charge in [-0.15, -0.1) is 0 Å².